The molecule has 0 amide bonds. The van der Waals surface area contributed by atoms with E-state index in [1.807, 2.05) is 0 Å². The first kappa shape index (κ1) is 26.5. The summed E-state index contributed by atoms with van der Waals surface area (Å²) in [5, 5.41) is 12.6. The summed E-state index contributed by atoms with van der Waals surface area (Å²) in [4.78, 5) is 5.04. The van der Waals surface area contributed by atoms with Crippen molar-refractivity contribution >= 4 is 10.9 Å². The zero-order valence-electron chi connectivity index (χ0n) is 23.4. The highest BCUT2D eigenvalue weighted by Gasteiger charge is 2.23. The molecule has 1 fully saturated rings. The van der Waals surface area contributed by atoms with Crippen LogP contribution in [0.5, 0.6) is 0 Å². The van der Waals surface area contributed by atoms with E-state index in [0.29, 0.717) is 6.54 Å². The molecule has 6 rings (SSSR count). The Morgan fingerprint density at radius 3 is 1.98 bits per heavy atom. The molecule has 4 nitrogen and oxygen atoms in total. The Morgan fingerprint density at radius 2 is 1.30 bits per heavy atom. The lowest BCUT2D eigenvalue weighted by Gasteiger charge is -2.35. The molecule has 0 unspecified atom stereocenters. The standard InChI is InChI=1S/C36H39N3O/c1-28-17-18-34-33(25-28)35(30-13-7-3-8-14-30)36(31-15-9-4-10-16-31)39(34)27-32(40)19-20-37-21-23-38(24-22-37)26-29-11-5-2-6-12-29/h2-18,25,32,40H,19-24,26-27H2,1H3/t32-/m0/s1. The number of aryl methyl sites for hydroxylation is 1. The van der Waals surface area contributed by atoms with Gasteiger partial charge >= 0.3 is 0 Å². The number of nitrogens with zero attached hydrogens (tertiary/aromatic N) is 3. The van der Waals surface area contributed by atoms with Crippen LogP contribution < -0.4 is 0 Å². The lowest BCUT2D eigenvalue weighted by Crippen LogP contribution is -2.46. The van der Waals surface area contributed by atoms with Gasteiger partial charge in [0.1, 0.15) is 0 Å². The minimum Gasteiger partial charge on any atom is -0.391 e. The molecular weight excluding hydrogens is 490 g/mol. The third-order valence-corrected chi connectivity index (χ3v) is 8.21. The SMILES string of the molecule is Cc1ccc2c(c1)c(-c1ccccc1)c(-c1ccccc1)n2C[C@@H](O)CCN1CCN(Cc2ccccc2)CC1. The summed E-state index contributed by atoms with van der Waals surface area (Å²) in [6.07, 6.45) is 0.337. The van der Waals surface area contributed by atoms with Crippen LogP contribution in [0.1, 0.15) is 17.5 Å². The highest BCUT2D eigenvalue weighted by Crippen LogP contribution is 2.41. The number of hydrogen-bond donors (Lipinski definition) is 1. The molecule has 1 aliphatic rings. The summed E-state index contributed by atoms with van der Waals surface area (Å²) in [6.45, 7) is 8.93. The number of piperazine rings is 1. The van der Waals surface area contributed by atoms with Crippen molar-refractivity contribution in [3.05, 3.63) is 120 Å². The number of hydrogen-bond acceptors (Lipinski definition) is 3. The molecule has 5 aromatic rings. The molecule has 0 aliphatic carbocycles. The predicted octanol–water partition coefficient (Wildman–Crippen LogP) is 6.85. The summed E-state index contributed by atoms with van der Waals surface area (Å²) >= 11 is 0. The van der Waals surface area contributed by atoms with Gasteiger partial charge in [-0.3, -0.25) is 4.90 Å². The first-order valence-corrected chi connectivity index (χ1v) is 14.6. The number of benzene rings is 4. The lowest BCUT2D eigenvalue weighted by molar-refractivity contribution is 0.0931. The van der Waals surface area contributed by atoms with Gasteiger partial charge in [0.15, 0.2) is 0 Å². The number of aromatic nitrogens is 1. The Bertz CT molecular complexity index is 1520. The molecule has 1 aromatic heterocycles. The second kappa shape index (κ2) is 12.2. The van der Waals surface area contributed by atoms with Crippen LogP contribution in [0, 0.1) is 6.92 Å². The van der Waals surface area contributed by atoms with Gasteiger partial charge in [0.25, 0.3) is 0 Å². The normalized spacial score (nSPS) is 15.4. The molecule has 2 heterocycles. The van der Waals surface area contributed by atoms with E-state index in [9.17, 15) is 5.11 Å². The zero-order valence-corrected chi connectivity index (χ0v) is 23.4. The molecule has 1 atom stereocenters. The van der Waals surface area contributed by atoms with Crippen molar-refractivity contribution in [3.63, 3.8) is 0 Å². The van der Waals surface area contributed by atoms with Crippen molar-refractivity contribution in [3.8, 4) is 22.4 Å². The Morgan fingerprint density at radius 1 is 0.700 bits per heavy atom. The van der Waals surface area contributed by atoms with E-state index in [2.05, 4.69) is 130 Å². The van der Waals surface area contributed by atoms with Gasteiger partial charge in [0, 0.05) is 62.3 Å². The number of rotatable bonds is 9. The average molecular weight is 530 g/mol. The minimum absolute atomic E-state index is 0.426. The second-order valence-corrected chi connectivity index (χ2v) is 11.1. The largest absolute Gasteiger partial charge is 0.391 e. The monoisotopic (exact) mass is 529 g/mol. The maximum atomic E-state index is 11.4. The average Bonchev–Trinajstić information content (AvgIpc) is 3.31. The topological polar surface area (TPSA) is 31.6 Å². The van der Waals surface area contributed by atoms with Crippen molar-refractivity contribution in [1.82, 2.24) is 14.4 Å². The quantitative estimate of drug-likeness (QED) is 0.227. The van der Waals surface area contributed by atoms with E-state index in [0.717, 1.165) is 45.7 Å². The maximum absolute atomic E-state index is 11.4. The van der Waals surface area contributed by atoms with Gasteiger partial charge in [-0.15, -0.1) is 0 Å². The molecule has 0 bridgehead atoms. The Kier molecular flexibility index (Phi) is 8.10. The van der Waals surface area contributed by atoms with Crippen LogP contribution in [0.3, 0.4) is 0 Å². The van der Waals surface area contributed by atoms with Crippen molar-refractivity contribution in [2.45, 2.75) is 32.5 Å². The lowest BCUT2D eigenvalue weighted by atomic mass is 9.97. The van der Waals surface area contributed by atoms with Crippen LogP contribution in [-0.2, 0) is 13.1 Å². The number of aliphatic hydroxyl groups excluding tert-OH is 1. The molecule has 0 saturated carbocycles. The van der Waals surface area contributed by atoms with Crippen LogP contribution >= 0.6 is 0 Å². The minimum atomic E-state index is -0.426. The summed E-state index contributed by atoms with van der Waals surface area (Å²) < 4.78 is 2.36. The van der Waals surface area contributed by atoms with Crippen LogP contribution in [0.15, 0.2) is 109 Å². The summed E-state index contributed by atoms with van der Waals surface area (Å²) in [6, 6.07) is 38.8. The van der Waals surface area contributed by atoms with Gasteiger partial charge in [-0.1, -0.05) is 103 Å². The highest BCUT2D eigenvalue weighted by atomic mass is 16.3. The third-order valence-electron chi connectivity index (χ3n) is 8.21. The fourth-order valence-electron chi connectivity index (χ4n) is 6.10. The van der Waals surface area contributed by atoms with Crippen molar-refractivity contribution in [2.75, 3.05) is 32.7 Å². The second-order valence-electron chi connectivity index (χ2n) is 11.1. The van der Waals surface area contributed by atoms with Crippen molar-refractivity contribution in [1.29, 1.82) is 0 Å². The summed E-state index contributed by atoms with van der Waals surface area (Å²) in [5.74, 6) is 0. The fraction of sp³-hybridized carbons (Fsp3) is 0.278. The molecule has 40 heavy (non-hydrogen) atoms. The molecule has 0 spiro atoms. The zero-order chi connectivity index (χ0) is 27.3. The molecule has 1 N–H and O–H groups in total. The Balaban J connectivity index is 1.21. The van der Waals surface area contributed by atoms with E-state index < -0.39 is 6.10 Å². The van der Waals surface area contributed by atoms with Crippen molar-refractivity contribution < 1.29 is 5.11 Å². The maximum Gasteiger partial charge on any atom is 0.0731 e. The first-order chi connectivity index (χ1) is 19.7. The molecule has 0 radical (unpaired) electrons. The van der Waals surface area contributed by atoms with E-state index in [1.165, 1.54) is 44.4 Å². The van der Waals surface area contributed by atoms with E-state index in [-0.39, 0.29) is 0 Å². The van der Waals surface area contributed by atoms with Gasteiger partial charge in [0.2, 0.25) is 0 Å². The van der Waals surface area contributed by atoms with Gasteiger partial charge < -0.3 is 14.6 Å². The molecule has 1 saturated heterocycles. The third kappa shape index (κ3) is 5.90. The first-order valence-electron chi connectivity index (χ1n) is 14.6. The molecule has 1 aliphatic heterocycles. The summed E-state index contributed by atoms with van der Waals surface area (Å²) in [5.41, 5.74) is 8.61. The van der Waals surface area contributed by atoms with Crippen LogP contribution in [0.25, 0.3) is 33.3 Å². The summed E-state index contributed by atoms with van der Waals surface area (Å²) in [7, 11) is 0. The number of aliphatic hydroxyl groups is 1. The smallest absolute Gasteiger partial charge is 0.0731 e. The Hall–Kier alpha value is -3.70. The Labute approximate surface area is 238 Å². The highest BCUT2D eigenvalue weighted by molar-refractivity contribution is 6.04. The molecule has 4 heteroatoms. The van der Waals surface area contributed by atoms with E-state index in [1.54, 1.807) is 0 Å². The van der Waals surface area contributed by atoms with Crippen LogP contribution in [-0.4, -0.2) is 58.3 Å². The van der Waals surface area contributed by atoms with E-state index >= 15 is 0 Å². The molecule has 204 valence electrons. The van der Waals surface area contributed by atoms with Crippen molar-refractivity contribution in [2.24, 2.45) is 0 Å². The van der Waals surface area contributed by atoms with Crippen LogP contribution in [0.2, 0.25) is 0 Å². The van der Waals surface area contributed by atoms with Gasteiger partial charge in [-0.05, 0) is 42.2 Å². The van der Waals surface area contributed by atoms with Gasteiger partial charge in [-0.2, -0.15) is 0 Å². The van der Waals surface area contributed by atoms with Gasteiger partial charge in [-0.25, -0.2) is 0 Å². The predicted molar refractivity (Wildman–Crippen MR) is 166 cm³/mol. The van der Waals surface area contributed by atoms with E-state index in [4.69, 9.17) is 0 Å². The van der Waals surface area contributed by atoms with Gasteiger partial charge in [0.05, 0.1) is 11.8 Å². The molecule has 4 aromatic carbocycles. The molecular formula is C36H39N3O. The number of fused-ring (bicyclic) bond motifs is 1. The fourth-order valence-corrected chi connectivity index (χ4v) is 6.10. The van der Waals surface area contributed by atoms with Crippen LogP contribution in [0.4, 0.5) is 0 Å².